The smallest absolute Gasteiger partial charge is 0.262 e. The molecular formula is C23H20N2O4. The Bertz CT molecular complexity index is 1080. The Morgan fingerprint density at radius 3 is 2.59 bits per heavy atom. The first kappa shape index (κ1) is 18.6. The summed E-state index contributed by atoms with van der Waals surface area (Å²) in [6.45, 7) is 1.83. The molecule has 1 heterocycles. The second-order valence-electron chi connectivity index (χ2n) is 6.80. The summed E-state index contributed by atoms with van der Waals surface area (Å²) in [6, 6.07) is 19.8. The van der Waals surface area contributed by atoms with Crippen LogP contribution in [0.15, 0.2) is 66.7 Å². The van der Waals surface area contributed by atoms with E-state index in [0.29, 0.717) is 34.2 Å². The highest BCUT2D eigenvalue weighted by molar-refractivity contribution is 6.10. The topological polar surface area (TPSA) is 67.9 Å². The van der Waals surface area contributed by atoms with Gasteiger partial charge in [0.25, 0.3) is 11.8 Å². The molecule has 3 aromatic rings. The maximum absolute atomic E-state index is 13.0. The Morgan fingerprint density at radius 1 is 1.03 bits per heavy atom. The summed E-state index contributed by atoms with van der Waals surface area (Å²) in [5.41, 5.74) is 2.61. The maximum atomic E-state index is 13.0. The molecule has 3 aromatic carbocycles. The van der Waals surface area contributed by atoms with Crippen molar-refractivity contribution in [2.45, 2.75) is 6.92 Å². The van der Waals surface area contributed by atoms with Crippen LogP contribution >= 0.6 is 0 Å². The van der Waals surface area contributed by atoms with Gasteiger partial charge in [-0.05, 0) is 55.0 Å². The van der Waals surface area contributed by atoms with Crippen LogP contribution in [-0.2, 0) is 4.79 Å². The van der Waals surface area contributed by atoms with Crippen molar-refractivity contribution in [1.29, 1.82) is 0 Å². The Kier molecular flexibility index (Phi) is 4.91. The number of fused-ring (bicyclic) bond motifs is 2. The van der Waals surface area contributed by atoms with Crippen LogP contribution in [0.4, 0.5) is 11.4 Å². The van der Waals surface area contributed by atoms with Crippen LogP contribution in [0, 0.1) is 6.92 Å². The lowest BCUT2D eigenvalue weighted by molar-refractivity contribution is -0.118. The number of carbonyl (C=O) groups excluding carboxylic acids is 2. The molecule has 0 spiro atoms. The SMILES string of the molecule is Cc1ccc2c(c1)N(C)C(=O)c1cc(NC(=O)COc3ccccc3)ccc1O2. The van der Waals surface area contributed by atoms with Crippen LogP contribution < -0.4 is 19.7 Å². The molecule has 0 fully saturated rings. The summed E-state index contributed by atoms with van der Waals surface area (Å²) >= 11 is 0. The quantitative estimate of drug-likeness (QED) is 0.720. The molecule has 6 nitrogen and oxygen atoms in total. The van der Waals surface area contributed by atoms with Gasteiger partial charge in [0, 0.05) is 12.7 Å². The van der Waals surface area contributed by atoms with Crippen molar-refractivity contribution < 1.29 is 19.1 Å². The van der Waals surface area contributed by atoms with Gasteiger partial charge in [-0.3, -0.25) is 9.59 Å². The molecule has 146 valence electrons. The minimum absolute atomic E-state index is 0.129. The van der Waals surface area contributed by atoms with Crippen molar-refractivity contribution in [1.82, 2.24) is 0 Å². The molecule has 0 bridgehead atoms. The van der Waals surface area contributed by atoms with E-state index in [1.54, 1.807) is 42.3 Å². The third-order valence-corrected chi connectivity index (χ3v) is 4.61. The van der Waals surface area contributed by atoms with Gasteiger partial charge in [-0.15, -0.1) is 0 Å². The largest absolute Gasteiger partial charge is 0.484 e. The molecule has 1 aliphatic heterocycles. The van der Waals surface area contributed by atoms with Crippen molar-refractivity contribution in [2.75, 3.05) is 23.9 Å². The summed E-state index contributed by atoms with van der Waals surface area (Å²) in [7, 11) is 1.71. The fourth-order valence-corrected chi connectivity index (χ4v) is 3.11. The van der Waals surface area contributed by atoms with Gasteiger partial charge in [0.2, 0.25) is 0 Å². The van der Waals surface area contributed by atoms with E-state index >= 15 is 0 Å². The van der Waals surface area contributed by atoms with Gasteiger partial charge in [0.15, 0.2) is 12.4 Å². The number of benzene rings is 3. The molecule has 1 N–H and O–H groups in total. The summed E-state index contributed by atoms with van der Waals surface area (Å²) in [4.78, 5) is 26.7. The third kappa shape index (κ3) is 3.91. The summed E-state index contributed by atoms with van der Waals surface area (Å²) in [5, 5.41) is 2.76. The molecule has 6 heteroatoms. The lowest BCUT2D eigenvalue weighted by Gasteiger charge is -2.16. The summed E-state index contributed by atoms with van der Waals surface area (Å²) in [5.74, 6) is 1.15. The van der Waals surface area contributed by atoms with Crippen LogP contribution in [-0.4, -0.2) is 25.5 Å². The molecule has 2 amide bonds. The average molecular weight is 388 g/mol. The van der Waals surface area contributed by atoms with Crippen molar-refractivity contribution in [3.8, 4) is 17.2 Å². The first-order valence-corrected chi connectivity index (χ1v) is 9.19. The van der Waals surface area contributed by atoms with E-state index in [2.05, 4.69) is 5.32 Å². The summed E-state index contributed by atoms with van der Waals surface area (Å²) in [6.07, 6.45) is 0. The molecule has 0 unspecified atom stereocenters. The van der Waals surface area contributed by atoms with Gasteiger partial charge in [-0.25, -0.2) is 0 Å². The highest BCUT2D eigenvalue weighted by Crippen LogP contribution is 2.39. The van der Waals surface area contributed by atoms with Crippen LogP contribution in [0.25, 0.3) is 0 Å². The Morgan fingerprint density at radius 2 is 1.79 bits per heavy atom. The fraction of sp³-hybridized carbons (Fsp3) is 0.130. The van der Waals surface area contributed by atoms with E-state index < -0.39 is 0 Å². The number of para-hydroxylation sites is 1. The Hall–Kier alpha value is -3.80. The van der Waals surface area contributed by atoms with Gasteiger partial charge in [0.05, 0.1) is 11.3 Å². The predicted molar refractivity (Wildman–Crippen MR) is 111 cm³/mol. The number of hydrogen-bond donors (Lipinski definition) is 1. The standard InChI is InChI=1S/C23H20N2O4/c1-15-8-10-21-19(12-15)25(2)23(27)18-13-16(9-11-20(18)29-21)24-22(26)14-28-17-6-4-3-5-7-17/h3-13H,14H2,1-2H3,(H,24,26). The van der Waals surface area contributed by atoms with E-state index in [1.807, 2.05) is 43.3 Å². The number of hydrogen-bond acceptors (Lipinski definition) is 4. The van der Waals surface area contributed by atoms with Crippen LogP contribution in [0.1, 0.15) is 15.9 Å². The molecule has 0 atom stereocenters. The van der Waals surface area contributed by atoms with Gasteiger partial charge in [-0.2, -0.15) is 0 Å². The number of anilines is 2. The number of nitrogens with zero attached hydrogens (tertiary/aromatic N) is 1. The van der Waals surface area contributed by atoms with Gasteiger partial charge in [-0.1, -0.05) is 24.3 Å². The molecule has 4 rings (SSSR count). The molecule has 0 aromatic heterocycles. The predicted octanol–water partition coefficient (Wildman–Crippen LogP) is 4.39. The zero-order chi connectivity index (χ0) is 20.4. The molecule has 0 radical (unpaired) electrons. The van der Waals surface area contributed by atoms with Crippen LogP contribution in [0.3, 0.4) is 0 Å². The minimum Gasteiger partial charge on any atom is -0.484 e. The third-order valence-electron chi connectivity index (χ3n) is 4.61. The van der Waals surface area contributed by atoms with Crippen LogP contribution in [0.2, 0.25) is 0 Å². The van der Waals surface area contributed by atoms with E-state index in [-0.39, 0.29) is 18.4 Å². The van der Waals surface area contributed by atoms with Crippen LogP contribution in [0.5, 0.6) is 17.2 Å². The Balaban J connectivity index is 1.52. The lowest BCUT2D eigenvalue weighted by Crippen LogP contribution is -2.25. The molecule has 0 saturated heterocycles. The van der Waals surface area contributed by atoms with Crippen molar-refractivity contribution in [3.05, 3.63) is 77.9 Å². The highest BCUT2D eigenvalue weighted by Gasteiger charge is 2.26. The second kappa shape index (κ2) is 7.67. The molecule has 0 aliphatic carbocycles. The van der Waals surface area contributed by atoms with Crippen molar-refractivity contribution in [3.63, 3.8) is 0 Å². The van der Waals surface area contributed by atoms with E-state index in [9.17, 15) is 9.59 Å². The van der Waals surface area contributed by atoms with E-state index in [4.69, 9.17) is 9.47 Å². The first-order valence-electron chi connectivity index (χ1n) is 9.19. The number of amides is 2. The van der Waals surface area contributed by atoms with E-state index in [0.717, 1.165) is 5.56 Å². The lowest BCUT2D eigenvalue weighted by atomic mass is 10.1. The minimum atomic E-state index is -0.317. The Labute approximate surface area is 168 Å². The number of nitrogens with one attached hydrogen (secondary N) is 1. The van der Waals surface area contributed by atoms with Crippen molar-refractivity contribution in [2.24, 2.45) is 0 Å². The van der Waals surface area contributed by atoms with Crippen molar-refractivity contribution >= 4 is 23.2 Å². The monoisotopic (exact) mass is 388 g/mol. The normalized spacial score (nSPS) is 12.3. The fourth-order valence-electron chi connectivity index (χ4n) is 3.11. The second-order valence-corrected chi connectivity index (χ2v) is 6.80. The number of carbonyl (C=O) groups is 2. The zero-order valence-electron chi connectivity index (χ0n) is 16.1. The molecule has 1 aliphatic rings. The number of aryl methyl sites for hydroxylation is 1. The van der Waals surface area contributed by atoms with Gasteiger partial charge < -0.3 is 19.7 Å². The summed E-state index contributed by atoms with van der Waals surface area (Å²) < 4.78 is 11.4. The number of rotatable bonds is 4. The first-order chi connectivity index (χ1) is 14.0. The molecule has 0 saturated carbocycles. The average Bonchev–Trinajstić information content (AvgIpc) is 2.83. The molecular weight excluding hydrogens is 368 g/mol. The highest BCUT2D eigenvalue weighted by atomic mass is 16.5. The van der Waals surface area contributed by atoms with Gasteiger partial charge in [0.1, 0.15) is 11.5 Å². The molecule has 29 heavy (non-hydrogen) atoms. The maximum Gasteiger partial charge on any atom is 0.262 e. The number of ether oxygens (including phenoxy) is 2. The zero-order valence-corrected chi connectivity index (χ0v) is 16.1. The van der Waals surface area contributed by atoms with E-state index in [1.165, 1.54) is 0 Å². The van der Waals surface area contributed by atoms with Gasteiger partial charge >= 0.3 is 0 Å².